The van der Waals surface area contributed by atoms with Crippen LogP contribution in [0, 0.1) is 0 Å². The van der Waals surface area contributed by atoms with Crippen LogP contribution in [0.15, 0.2) is 24.3 Å². The molecular formula is C27H20O10. The lowest BCUT2D eigenvalue weighted by molar-refractivity contribution is -0.0217. The van der Waals surface area contributed by atoms with E-state index in [1.165, 1.54) is 38.3 Å². The number of aromatic hydroxyl groups is 3. The molecule has 188 valence electrons. The Morgan fingerprint density at radius 1 is 0.892 bits per heavy atom. The predicted molar refractivity (Wildman–Crippen MR) is 125 cm³/mol. The molecule has 0 radical (unpaired) electrons. The third-order valence-corrected chi connectivity index (χ3v) is 7.31. The van der Waals surface area contributed by atoms with Crippen molar-refractivity contribution in [3.05, 3.63) is 68.8 Å². The average Bonchev–Trinajstić information content (AvgIpc) is 2.85. The fraction of sp³-hybridized carbons (Fsp3) is 0.222. The van der Waals surface area contributed by atoms with Gasteiger partial charge in [-0.3, -0.25) is 9.59 Å². The topological polar surface area (TPSA) is 171 Å². The summed E-state index contributed by atoms with van der Waals surface area (Å²) in [4.78, 5) is 39.7. The lowest BCUT2D eigenvalue weighted by atomic mass is 9.74. The highest BCUT2D eigenvalue weighted by atomic mass is 16.6. The molecule has 5 N–H and O–H groups in total. The SMILES string of the molecule is COc1c2c(c(O)c3c1[C@@H](O)Cc1cc4c(c(O)c1-3)C(=O)O[C@@H](C)[C@H]4O)C(=O)c1cccc(O)c1C2=O. The summed E-state index contributed by atoms with van der Waals surface area (Å²) >= 11 is 0. The zero-order valence-corrected chi connectivity index (χ0v) is 19.5. The van der Waals surface area contributed by atoms with Crippen molar-refractivity contribution >= 4 is 17.5 Å². The molecule has 37 heavy (non-hydrogen) atoms. The highest BCUT2D eigenvalue weighted by molar-refractivity contribution is 6.32. The summed E-state index contributed by atoms with van der Waals surface area (Å²) in [6.45, 7) is 1.49. The number of phenolic OH excluding ortho intramolecular Hbond substituents is 3. The maximum Gasteiger partial charge on any atom is 0.342 e. The van der Waals surface area contributed by atoms with E-state index < -0.39 is 58.7 Å². The molecule has 2 aliphatic carbocycles. The van der Waals surface area contributed by atoms with Gasteiger partial charge in [-0.1, -0.05) is 18.2 Å². The van der Waals surface area contributed by atoms with Crippen molar-refractivity contribution in [2.75, 3.05) is 7.11 Å². The van der Waals surface area contributed by atoms with E-state index in [1.54, 1.807) is 0 Å². The van der Waals surface area contributed by atoms with E-state index in [4.69, 9.17) is 9.47 Å². The first-order valence-electron chi connectivity index (χ1n) is 11.4. The second-order valence-electron chi connectivity index (χ2n) is 9.28. The smallest absolute Gasteiger partial charge is 0.342 e. The van der Waals surface area contributed by atoms with E-state index in [2.05, 4.69) is 0 Å². The Kier molecular flexibility index (Phi) is 4.69. The summed E-state index contributed by atoms with van der Waals surface area (Å²) in [5.74, 6) is -4.40. The number of aliphatic hydroxyl groups excluding tert-OH is 2. The normalized spacial score (nSPS) is 21.3. The highest BCUT2D eigenvalue weighted by Gasteiger charge is 2.45. The van der Waals surface area contributed by atoms with Crippen LogP contribution in [0.5, 0.6) is 23.0 Å². The van der Waals surface area contributed by atoms with Gasteiger partial charge in [-0.2, -0.15) is 0 Å². The van der Waals surface area contributed by atoms with Crippen LogP contribution in [-0.2, 0) is 11.2 Å². The molecule has 1 aliphatic heterocycles. The first-order chi connectivity index (χ1) is 17.6. The molecule has 0 spiro atoms. The van der Waals surface area contributed by atoms with Gasteiger partial charge in [0, 0.05) is 34.2 Å². The van der Waals surface area contributed by atoms with Crippen molar-refractivity contribution in [1.82, 2.24) is 0 Å². The van der Waals surface area contributed by atoms with Crippen molar-refractivity contribution in [2.24, 2.45) is 0 Å². The van der Waals surface area contributed by atoms with Gasteiger partial charge in [0.05, 0.1) is 29.9 Å². The number of fused-ring (bicyclic) bond motifs is 6. The Balaban J connectivity index is 1.73. The van der Waals surface area contributed by atoms with Crippen LogP contribution < -0.4 is 4.74 Å². The molecule has 0 fully saturated rings. The lowest BCUT2D eigenvalue weighted by Crippen LogP contribution is -2.31. The van der Waals surface area contributed by atoms with Crippen molar-refractivity contribution in [3.63, 3.8) is 0 Å². The molecule has 0 saturated carbocycles. The second kappa shape index (κ2) is 7.55. The van der Waals surface area contributed by atoms with Gasteiger partial charge in [-0.25, -0.2) is 4.79 Å². The van der Waals surface area contributed by atoms with E-state index in [9.17, 15) is 39.9 Å². The van der Waals surface area contributed by atoms with Crippen LogP contribution in [0.4, 0.5) is 0 Å². The highest BCUT2D eigenvalue weighted by Crippen LogP contribution is 2.57. The monoisotopic (exact) mass is 504 g/mol. The molecule has 3 atom stereocenters. The van der Waals surface area contributed by atoms with E-state index in [1.807, 2.05) is 0 Å². The number of hydrogen-bond donors (Lipinski definition) is 5. The molecule has 3 aliphatic rings. The fourth-order valence-electron chi connectivity index (χ4n) is 5.67. The number of hydrogen-bond acceptors (Lipinski definition) is 10. The van der Waals surface area contributed by atoms with Gasteiger partial charge < -0.3 is 35.0 Å². The molecule has 10 heteroatoms. The average molecular weight is 504 g/mol. The second-order valence-corrected chi connectivity index (χ2v) is 9.28. The Morgan fingerprint density at radius 2 is 1.59 bits per heavy atom. The van der Waals surface area contributed by atoms with Crippen molar-refractivity contribution < 1.29 is 49.4 Å². The predicted octanol–water partition coefficient (Wildman–Crippen LogP) is 2.44. The zero-order chi connectivity index (χ0) is 26.5. The van der Waals surface area contributed by atoms with Crippen LogP contribution in [0.2, 0.25) is 0 Å². The van der Waals surface area contributed by atoms with Gasteiger partial charge in [0.25, 0.3) is 0 Å². The summed E-state index contributed by atoms with van der Waals surface area (Å²) in [5, 5.41) is 54.8. The zero-order valence-electron chi connectivity index (χ0n) is 19.5. The van der Waals surface area contributed by atoms with Gasteiger partial charge >= 0.3 is 5.97 Å². The summed E-state index contributed by atoms with van der Waals surface area (Å²) in [6, 6.07) is 5.41. The number of carbonyl (C=O) groups is 3. The fourth-order valence-corrected chi connectivity index (χ4v) is 5.67. The quantitative estimate of drug-likeness (QED) is 0.243. The summed E-state index contributed by atoms with van der Waals surface area (Å²) in [5.41, 5.74) is -1.37. The third kappa shape index (κ3) is 2.79. The van der Waals surface area contributed by atoms with E-state index >= 15 is 0 Å². The molecule has 0 saturated heterocycles. The number of ether oxygens (including phenoxy) is 2. The number of phenols is 3. The number of rotatable bonds is 1. The van der Waals surface area contributed by atoms with Gasteiger partial charge in [-0.15, -0.1) is 0 Å². The molecule has 1 heterocycles. The van der Waals surface area contributed by atoms with Gasteiger partial charge in [-0.05, 0) is 18.6 Å². The minimum atomic E-state index is -1.36. The minimum Gasteiger partial charge on any atom is -0.507 e. The van der Waals surface area contributed by atoms with Crippen LogP contribution in [-0.4, -0.2) is 56.3 Å². The summed E-state index contributed by atoms with van der Waals surface area (Å²) in [7, 11) is 1.22. The number of carbonyl (C=O) groups excluding carboxylic acids is 3. The maximum absolute atomic E-state index is 13.5. The maximum atomic E-state index is 13.5. The molecule has 0 bridgehead atoms. The molecule has 6 rings (SSSR count). The first kappa shape index (κ1) is 23.0. The van der Waals surface area contributed by atoms with Crippen LogP contribution in [0.1, 0.15) is 78.0 Å². The van der Waals surface area contributed by atoms with Crippen molar-refractivity contribution in [3.8, 4) is 34.1 Å². The molecule has 10 nitrogen and oxygen atoms in total. The van der Waals surface area contributed by atoms with Gasteiger partial charge in [0.1, 0.15) is 40.8 Å². The van der Waals surface area contributed by atoms with E-state index in [0.29, 0.717) is 5.56 Å². The largest absolute Gasteiger partial charge is 0.507 e. The number of esters is 1. The molecule has 0 unspecified atom stereocenters. The Hall–Kier alpha value is -4.41. The molecule has 3 aromatic rings. The van der Waals surface area contributed by atoms with Crippen LogP contribution >= 0.6 is 0 Å². The van der Waals surface area contributed by atoms with E-state index in [0.717, 1.165) is 0 Å². The Labute approximate surface area is 208 Å². The standard InChI is InChI=1S/C27H20O10/c1-8-21(30)11-6-9-7-13(29)17-18(14(9)23(32)16(11)27(35)37-8)25(34)19-20(26(17)36-2)24(33)15-10(22(19)31)4-3-5-12(15)28/h3-6,8,13,21,28-30,32,34H,7H2,1-2H3/t8-,13-,21+/m0/s1. The Bertz CT molecular complexity index is 1600. The van der Waals surface area contributed by atoms with Crippen LogP contribution in [0.3, 0.4) is 0 Å². The number of cyclic esters (lactones) is 1. The summed E-state index contributed by atoms with van der Waals surface area (Å²) < 4.78 is 10.6. The van der Waals surface area contributed by atoms with E-state index in [-0.39, 0.29) is 56.7 Å². The van der Waals surface area contributed by atoms with Gasteiger partial charge in [0.2, 0.25) is 5.78 Å². The number of benzene rings is 3. The Morgan fingerprint density at radius 3 is 2.30 bits per heavy atom. The molecule has 0 aromatic heterocycles. The van der Waals surface area contributed by atoms with Crippen molar-refractivity contribution in [1.29, 1.82) is 0 Å². The first-order valence-corrected chi connectivity index (χ1v) is 11.4. The minimum absolute atomic E-state index is 0.0571. The molecule has 3 aromatic carbocycles. The number of methoxy groups -OCH3 is 1. The lowest BCUT2D eigenvalue weighted by Gasteiger charge is -2.34. The number of aliphatic hydroxyl groups is 2. The summed E-state index contributed by atoms with van der Waals surface area (Å²) in [6.07, 6.45) is -3.60. The third-order valence-electron chi connectivity index (χ3n) is 7.31. The molecular weight excluding hydrogens is 484 g/mol. The van der Waals surface area contributed by atoms with Gasteiger partial charge in [0.15, 0.2) is 5.78 Å². The number of ketones is 2. The van der Waals surface area contributed by atoms with Crippen LogP contribution in [0.25, 0.3) is 11.1 Å². The molecule has 0 amide bonds. The van der Waals surface area contributed by atoms with Crippen molar-refractivity contribution in [2.45, 2.75) is 31.7 Å².